The topological polar surface area (TPSA) is 86.3 Å². The van der Waals surface area contributed by atoms with E-state index < -0.39 is 6.04 Å². The summed E-state index contributed by atoms with van der Waals surface area (Å²) in [4.78, 5) is 13.6. The van der Waals surface area contributed by atoms with Gasteiger partial charge in [-0.3, -0.25) is 9.69 Å². The first-order chi connectivity index (χ1) is 11.0. The van der Waals surface area contributed by atoms with Crippen LogP contribution in [0.2, 0.25) is 5.02 Å². The van der Waals surface area contributed by atoms with Gasteiger partial charge in [0.2, 0.25) is 5.91 Å². The van der Waals surface area contributed by atoms with Crippen LogP contribution in [0.15, 0.2) is 30.5 Å². The molecule has 1 saturated heterocycles. The van der Waals surface area contributed by atoms with Crippen molar-refractivity contribution >= 4 is 17.5 Å². The van der Waals surface area contributed by atoms with E-state index >= 15 is 0 Å². The maximum absolute atomic E-state index is 11.7. The van der Waals surface area contributed by atoms with Crippen molar-refractivity contribution in [1.29, 1.82) is 0 Å². The molecule has 7 nitrogen and oxygen atoms in total. The van der Waals surface area contributed by atoms with E-state index in [1.54, 1.807) is 16.8 Å². The predicted octanol–water partition coefficient (Wildman–Crippen LogP) is 0.995. The zero-order valence-electron chi connectivity index (χ0n) is 12.7. The lowest BCUT2D eigenvalue weighted by Gasteiger charge is -2.37. The van der Waals surface area contributed by atoms with Gasteiger partial charge in [0.05, 0.1) is 30.3 Å². The monoisotopic (exact) mass is 335 g/mol. The first-order valence-electron chi connectivity index (χ1n) is 7.37. The van der Waals surface area contributed by atoms with Gasteiger partial charge in [0.15, 0.2) is 0 Å². The molecular formula is C15H18ClN5O2. The van der Waals surface area contributed by atoms with E-state index in [0.29, 0.717) is 24.7 Å². The second-order valence-electron chi connectivity index (χ2n) is 5.52. The number of carbonyl (C=O) groups is 1. The Kier molecular flexibility index (Phi) is 4.61. The number of rotatable bonds is 4. The zero-order valence-corrected chi connectivity index (χ0v) is 13.5. The summed E-state index contributed by atoms with van der Waals surface area (Å²) in [5.74, 6) is -0.387. The van der Waals surface area contributed by atoms with Gasteiger partial charge in [-0.15, -0.1) is 5.10 Å². The van der Waals surface area contributed by atoms with E-state index in [4.69, 9.17) is 22.1 Å². The second-order valence-corrected chi connectivity index (χ2v) is 5.96. The van der Waals surface area contributed by atoms with Crippen LogP contribution in [0.1, 0.15) is 12.6 Å². The Labute approximate surface area is 139 Å². The van der Waals surface area contributed by atoms with Gasteiger partial charge in [-0.2, -0.15) is 0 Å². The summed E-state index contributed by atoms with van der Waals surface area (Å²) in [5.41, 5.74) is 7.13. The molecular weight excluding hydrogens is 318 g/mol. The van der Waals surface area contributed by atoms with Gasteiger partial charge in [0.25, 0.3) is 0 Å². The quantitative estimate of drug-likeness (QED) is 0.900. The molecule has 2 aromatic rings. The number of primary amides is 1. The summed E-state index contributed by atoms with van der Waals surface area (Å²) in [6.45, 7) is 3.54. The van der Waals surface area contributed by atoms with Crippen molar-refractivity contribution < 1.29 is 9.53 Å². The number of halogens is 1. The Morgan fingerprint density at radius 2 is 2.17 bits per heavy atom. The molecule has 2 N–H and O–H groups in total. The van der Waals surface area contributed by atoms with Crippen LogP contribution in [0, 0.1) is 0 Å². The first kappa shape index (κ1) is 15.9. The number of amides is 1. The van der Waals surface area contributed by atoms with Crippen LogP contribution < -0.4 is 5.73 Å². The number of nitrogens with two attached hydrogens (primary N) is 1. The molecule has 0 unspecified atom stereocenters. The van der Waals surface area contributed by atoms with Gasteiger partial charge in [0, 0.05) is 18.1 Å². The van der Waals surface area contributed by atoms with Crippen molar-refractivity contribution in [1.82, 2.24) is 19.9 Å². The largest absolute Gasteiger partial charge is 0.375 e. The van der Waals surface area contributed by atoms with E-state index in [9.17, 15) is 4.79 Å². The Bertz CT molecular complexity index is 687. The van der Waals surface area contributed by atoms with E-state index in [0.717, 1.165) is 11.4 Å². The maximum atomic E-state index is 11.7. The molecule has 23 heavy (non-hydrogen) atoms. The van der Waals surface area contributed by atoms with Crippen molar-refractivity contribution in [2.24, 2.45) is 5.73 Å². The van der Waals surface area contributed by atoms with Crippen LogP contribution in [0.5, 0.6) is 0 Å². The summed E-state index contributed by atoms with van der Waals surface area (Å²) < 4.78 is 7.18. The Hall–Kier alpha value is -1.96. The van der Waals surface area contributed by atoms with E-state index in [1.165, 1.54) is 0 Å². The van der Waals surface area contributed by atoms with Gasteiger partial charge in [0.1, 0.15) is 6.04 Å². The van der Waals surface area contributed by atoms with Crippen LogP contribution in [0.4, 0.5) is 0 Å². The third-order valence-electron chi connectivity index (χ3n) is 3.89. The van der Waals surface area contributed by atoms with Gasteiger partial charge in [-0.05, 0) is 31.2 Å². The highest BCUT2D eigenvalue weighted by Gasteiger charge is 2.34. The van der Waals surface area contributed by atoms with E-state index in [2.05, 4.69) is 10.3 Å². The first-order valence-corrected chi connectivity index (χ1v) is 7.74. The lowest BCUT2D eigenvalue weighted by atomic mass is 10.1. The predicted molar refractivity (Wildman–Crippen MR) is 85.2 cm³/mol. The number of aromatic nitrogens is 3. The van der Waals surface area contributed by atoms with Crippen molar-refractivity contribution in [3.8, 4) is 5.69 Å². The van der Waals surface area contributed by atoms with Crippen molar-refractivity contribution in [3.05, 3.63) is 41.2 Å². The second kappa shape index (κ2) is 6.66. The molecule has 1 aliphatic heterocycles. The smallest absolute Gasteiger partial charge is 0.237 e. The van der Waals surface area contributed by atoms with E-state index in [1.807, 2.05) is 30.2 Å². The summed E-state index contributed by atoms with van der Waals surface area (Å²) in [6.07, 6.45) is 1.61. The van der Waals surface area contributed by atoms with Crippen molar-refractivity contribution in [2.75, 3.05) is 13.2 Å². The molecule has 0 spiro atoms. The Balaban J connectivity index is 1.75. The molecule has 1 aliphatic rings. The number of benzene rings is 1. The normalized spacial score (nSPS) is 22.2. The number of morpholine rings is 1. The third kappa shape index (κ3) is 3.52. The van der Waals surface area contributed by atoms with Gasteiger partial charge in [-0.1, -0.05) is 16.8 Å². The highest BCUT2D eigenvalue weighted by atomic mass is 35.5. The molecule has 0 bridgehead atoms. The molecule has 1 fully saturated rings. The fraction of sp³-hybridized carbons (Fsp3) is 0.400. The highest BCUT2D eigenvalue weighted by Crippen LogP contribution is 2.17. The Morgan fingerprint density at radius 1 is 1.43 bits per heavy atom. The summed E-state index contributed by atoms with van der Waals surface area (Å²) in [5, 5.41) is 8.96. The minimum Gasteiger partial charge on any atom is -0.375 e. The van der Waals surface area contributed by atoms with Gasteiger partial charge < -0.3 is 10.5 Å². The van der Waals surface area contributed by atoms with E-state index in [-0.39, 0.29) is 12.0 Å². The van der Waals surface area contributed by atoms with Crippen molar-refractivity contribution in [3.63, 3.8) is 0 Å². The minimum atomic E-state index is -0.454. The fourth-order valence-corrected chi connectivity index (χ4v) is 2.90. The van der Waals surface area contributed by atoms with Crippen molar-refractivity contribution in [2.45, 2.75) is 25.6 Å². The molecule has 2 heterocycles. The molecule has 0 saturated carbocycles. The number of nitrogens with zero attached hydrogens (tertiary/aromatic N) is 4. The lowest BCUT2D eigenvalue weighted by molar-refractivity contribution is -0.136. The molecule has 122 valence electrons. The third-order valence-corrected chi connectivity index (χ3v) is 4.14. The number of carbonyl (C=O) groups excluding carboxylic acids is 1. The number of ether oxygens (including phenoxy) is 1. The minimum absolute atomic E-state index is 0.229. The lowest BCUT2D eigenvalue weighted by Crippen LogP contribution is -2.56. The molecule has 8 heteroatoms. The van der Waals surface area contributed by atoms with Crippen LogP contribution in [0.3, 0.4) is 0 Å². The standard InChI is InChI=1S/C15H18ClN5O2/c1-10-14(15(17)22)20(6-7-23-10)8-12-9-21(19-18-12)13-4-2-11(16)3-5-13/h2-5,9-10,14H,6-8H2,1H3,(H2,17,22)/t10-,14+/m1/s1. The van der Waals surface area contributed by atoms with Gasteiger partial charge >= 0.3 is 0 Å². The summed E-state index contributed by atoms with van der Waals surface area (Å²) in [7, 11) is 0. The number of hydrogen-bond acceptors (Lipinski definition) is 5. The molecule has 2 atom stereocenters. The average Bonchev–Trinajstić information content (AvgIpc) is 2.96. The van der Waals surface area contributed by atoms with Gasteiger partial charge in [-0.25, -0.2) is 4.68 Å². The molecule has 1 aromatic heterocycles. The molecule has 0 radical (unpaired) electrons. The summed E-state index contributed by atoms with van der Waals surface area (Å²) >= 11 is 5.88. The molecule has 3 rings (SSSR count). The molecule has 1 aromatic carbocycles. The maximum Gasteiger partial charge on any atom is 0.237 e. The van der Waals surface area contributed by atoms with Crippen LogP contribution in [-0.2, 0) is 16.1 Å². The SMILES string of the molecule is C[C@H]1OCCN(Cc2cn(-c3ccc(Cl)cc3)nn2)[C@@H]1C(N)=O. The van der Waals surface area contributed by atoms with Crippen LogP contribution in [-0.4, -0.2) is 51.1 Å². The van der Waals surface area contributed by atoms with Crippen LogP contribution >= 0.6 is 11.6 Å². The molecule has 0 aliphatic carbocycles. The Morgan fingerprint density at radius 3 is 2.87 bits per heavy atom. The summed E-state index contributed by atoms with van der Waals surface area (Å²) in [6, 6.07) is 6.87. The molecule has 1 amide bonds. The number of hydrogen-bond donors (Lipinski definition) is 1. The van der Waals surface area contributed by atoms with Crippen LogP contribution in [0.25, 0.3) is 5.69 Å². The zero-order chi connectivity index (χ0) is 16.4. The average molecular weight is 336 g/mol. The fourth-order valence-electron chi connectivity index (χ4n) is 2.77. The highest BCUT2D eigenvalue weighted by molar-refractivity contribution is 6.30.